The van der Waals surface area contributed by atoms with Gasteiger partial charge in [-0.25, -0.2) is 0 Å². The fourth-order valence-electron chi connectivity index (χ4n) is 1.65. The Labute approximate surface area is 92.2 Å². The van der Waals surface area contributed by atoms with Crippen LogP contribution in [0.4, 0.5) is 0 Å². The Balaban J connectivity index is 2.10. The van der Waals surface area contributed by atoms with Crippen LogP contribution in [0.2, 0.25) is 0 Å². The third kappa shape index (κ3) is 1.52. The zero-order valence-electron chi connectivity index (χ0n) is 8.46. The van der Waals surface area contributed by atoms with Crippen LogP contribution in [-0.4, -0.2) is 5.16 Å². The highest BCUT2D eigenvalue weighted by Gasteiger charge is 2.03. The van der Waals surface area contributed by atoms with Crippen molar-refractivity contribution in [1.29, 1.82) is 0 Å². The minimum atomic E-state index is 0.469. The van der Waals surface area contributed by atoms with Crippen LogP contribution in [0.25, 0.3) is 10.8 Å². The molecule has 0 aliphatic rings. The lowest BCUT2D eigenvalue weighted by atomic mass is 10.1. The molecule has 3 aromatic rings. The van der Waals surface area contributed by atoms with Crippen molar-refractivity contribution in [3.63, 3.8) is 0 Å². The van der Waals surface area contributed by atoms with E-state index in [1.165, 1.54) is 6.26 Å². The zero-order valence-corrected chi connectivity index (χ0v) is 8.46. The lowest BCUT2D eigenvalue weighted by molar-refractivity contribution is 0.368. The van der Waals surface area contributed by atoms with Gasteiger partial charge in [-0.2, -0.15) is 0 Å². The van der Waals surface area contributed by atoms with Crippen molar-refractivity contribution >= 4 is 10.8 Å². The first-order valence-electron chi connectivity index (χ1n) is 4.99. The van der Waals surface area contributed by atoms with Gasteiger partial charge >= 0.3 is 0 Å². The second-order valence-corrected chi connectivity index (χ2v) is 3.42. The molecule has 0 unspecified atom stereocenters. The number of hydrogen-bond donors (Lipinski definition) is 0. The summed E-state index contributed by atoms with van der Waals surface area (Å²) in [6.07, 6.45) is 1.49. The second kappa shape index (κ2) is 3.70. The Kier molecular flexibility index (Phi) is 2.07. The zero-order chi connectivity index (χ0) is 10.8. The molecule has 0 aliphatic heterocycles. The number of ether oxygens (including phenoxy) is 1. The molecule has 0 bridgehead atoms. The molecule has 0 spiro atoms. The maximum Gasteiger partial charge on any atom is 0.259 e. The summed E-state index contributed by atoms with van der Waals surface area (Å²) in [5, 5.41) is 5.93. The van der Waals surface area contributed by atoms with E-state index in [1.54, 1.807) is 6.07 Å². The third-order valence-electron chi connectivity index (χ3n) is 2.38. The van der Waals surface area contributed by atoms with Crippen molar-refractivity contribution in [1.82, 2.24) is 5.16 Å². The van der Waals surface area contributed by atoms with Crippen molar-refractivity contribution < 1.29 is 9.26 Å². The van der Waals surface area contributed by atoms with Gasteiger partial charge in [-0.3, -0.25) is 0 Å². The van der Waals surface area contributed by atoms with Crippen LogP contribution in [-0.2, 0) is 0 Å². The smallest absolute Gasteiger partial charge is 0.259 e. The average molecular weight is 211 g/mol. The highest BCUT2D eigenvalue weighted by Crippen LogP contribution is 2.28. The Bertz CT molecular complexity index is 597. The van der Waals surface area contributed by atoms with Crippen LogP contribution in [0.5, 0.6) is 11.6 Å². The molecule has 16 heavy (non-hydrogen) atoms. The van der Waals surface area contributed by atoms with Gasteiger partial charge in [-0.1, -0.05) is 36.4 Å². The van der Waals surface area contributed by atoms with Gasteiger partial charge in [0.25, 0.3) is 5.88 Å². The minimum absolute atomic E-state index is 0.469. The van der Waals surface area contributed by atoms with Gasteiger partial charge in [0.1, 0.15) is 12.0 Å². The summed E-state index contributed by atoms with van der Waals surface area (Å²) < 4.78 is 10.4. The monoisotopic (exact) mass is 211 g/mol. The summed E-state index contributed by atoms with van der Waals surface area (Å²) in [5.41, 5.74) is 0. The van der Waals surface area contributed by atoms with E-state index in [0.29, 0.717) is 5.88 Å². The summed E-state index contributed by atoms with van der Waals surface area (Å²) >= 11 is 0. The topological polar surface area (TPSA) is 35.3 Å². The van der Waals surface area contributed by atoms with Gasteiger partial charge in [0.2, 0.25) is 0 Å². The molecule has 0 amide bonds. The molecule has 0 fully saturated rings. The quantitative estimate of drug-likeness (QED) is 0.649. The van der Waals surface area contributed by atoms with Crippen LogP contribution in [0, 0.1) is 0 Å². The number of rotatable bonds is 2. The maximum atomic E-state index is 5.63. The Morgan fingerprint density at radius 3 is 2.69 bits per heavy atom. The predicted molar refractivity (Wildman–Crippen MR) is 60.5 cm³/mol. The molecule has 0 saturated heterocycles. The van der Waals surface area contributed by atoms with E-state index in [1.807, 2.05) is 42.5 Å². The van der Waals surface area contributed by atoms with Crippen molar-refractivity contribution in [3.8, 4) is 11.6 Å². The van der Waals surface area contributed by atoms with E-state index in [9.17, 15) is 0 Å². The third-order valence-corrected chi connectivity index (χ3v) is 2.38. The molecule has 2 aromatic carbocycles. The molecular weight excluding hydrogens is 202 g/mol. The maximum absolute atomic E-state index is 5.63. The van der Waals surface area contributed by atoms with Crippen molar-refractivity contribution in [3.05, 3.63) is 54.8 Å². The van der Waals surface area contributed by atoms with Crippen molar-refractivity contribution in [2.24, 2.45) is 0 Å². The molecule has 1 aromatic heterocycles. The number of benzene rings is 2. The molecule has 0 saturated carbocycles. The lowest BCUT2D eigenvalue weighted by Crippen LogP contribution is -1.85. The van der Waals surface area contributed by atoms with Crippen LogP contribution in [0.3, 0.4) is 0 Å². The Morgan fingerprint density at radius 2 is 1.81 bits per heavy atom. The van der Waals surface area contributed by atoms with Gasteiger partial charge in [-0.15, -0.1) is 0 Å². The highest BCUT2D eigenvalue weighted by atomic mass is 16.5. The first-order chi connectivity index (χ1) is 7.93. The molecule has 0 atom stereocenters. The highest BCUT2D eigenvalue weighted by molar-refractivity contribution is 5.88. The molecule has 78 valence electrons. The number of aromatic nitrogens is 1. The van der Waals surface area contributed by atoms with Crippen molar-refractivity contribution in [2.75, 3.05) is 0 Å². The fourth-order valence-corrected chi connectivity index (χ4v) is 1.65. The molecule has 0 radical (unpaired) electrons. The first kappa shape index (κ1) is 8.97. The second-order valence-electron chi connectivity index (χ2n) is 3.42. The van der Waals surface area contributed by atoms with Gasteiger partial charge in [0, 0.05) is 11.5 Å². The summed E-state index contributed by atoms with van der Waals surface area (Å²) in [5.74, 6) is 1.25. The van der Waals surface area contributed by atoms with Gasteiger partial charge in [0.15, 0.2) is 0 Å². The first-order valence-corrected chi connectivity index (χ1v) is 4.99. The molecule has 0 aliphatic carbocycles. The van der Waals surface area contributed by atoms with Gasteiger partial charge in [0.05, 0.1) is 0 Å². The standard InChI is InChI=1S/C13H9NO2/c1-2-6-11-10(4-1)5-3-7-12(11)16-13-8-9-15-14-13/h1-9H. The molecule has 0 N–H and O–H groups in total. The van der Waals surface area contributed by atoms with E-state index in [-0.39, 0.29) is 0 Å². The predicted octanol–water partition coefficient (Wildman–Crippen LogP) is 3.62. The van der Waals surface area contributed by atoms with Gasteiger partial charge in [-0.05, 0) is 16.6 Å². The average Bonchev–Trinajstić information content (AvgIpc) is 2.82. The van der Waals surface area contributed by atoms with Crippen LogP contribution >= 0.6 is 0 Å². The summed E-state index contributed by atoms with van der Waals surface area (Å²) in [6.45, 7) is 0. The normalized spacial score (nSPS) is 10.5. The van der Waals surface area contributed by atoms with Crippen LogP contribution < -0.4 is 4.74 Å². The van der Waals surface area contributed by atoms with E-state index in [2.05, 4.69) is 5.16 Å². The number of hydrogen-bond acceptors (Lipinski definition) is 3. The molecule has 3 heteroatoms. The van der Waals surface area contributed by atoms with E-state index < -0.39 is 0 Å². The fraction of sp³-hybridized carbons (Fsp3) is 0. The molecular formula is C13H9NO2. The number of nitrogens with zero attached hydrogens (tertiary/aromatic N) is 1. The van der Waals surface area contributed by atoms with E-state index in [4.69, 9.17) is 9.26 Å². The Hall–Kier alpha value is -2.29. The van der Waals surface area contributed by atoms with Gasteiger partial charge < -0.3 is 9.26 Å². The van der Waals surface area contributed by atoms with E-state index >= 15 is 0 Å². The lowest BCUT2D eigenvalue weighted by Gasteiger charge is -2.05. The number of fused-ring (bicyclic) bond motifs is 1. The summed E-state index contributed by atoms with van der Waals surface area (Å²) in [7, 11) is 0. The van der Waals surface area contributed by atoms with Crippen LogP contribution in [0.1, 0.15) is 0 Å². The minimum Gasteiger partial charge on any atom is -0.436 e. The van der Waals surface area contributed by atoms with Crippen LogP contribution in [0.15, 0.2) is 59.3 Å². The van der Waals surface area contributed by atoms with E-state index in [0.717, 1.165) is 16.5 Å². The molecule has 3 rings (SSSR count). The molecule has 1 heterocycles. The largest absolute Gasteiger partial charge is 0.436 e. The summed E-state index contributed by atoms with van der Waals surface area (Å²) in [4.78, 5) is 0. The SMILES string of the molecule is c1ccc2c(Oc3ccon3)cccc2c1. The molecule has 3 nitrogen and oxygen atoms in total. The Morgan fingerprint density at radius 1 is 0.938 bits per heavy atom. The van der Waals surface area contributed by atoms with Crippen molar-refractivity contribution in [2.45, 2.75) is 0 Å². The summed E-state index contributed by atoms with van der Waals surface area (Å²) in [6, 6.07) is 15.7.